The maximum atomic E-state index is 4.54. The lowest BCUT2D eigenvalue weighted by molar-refractivity contribution is 1.11. The highest BCUT2D eigenvalue weighted by Gasteiger charge is 2.23. The fourth-order valence-corrected chi connectivity index (χ4v) is 14.3. The Hall–Kier alpha value is -12.4. The molecule has 0 aliphatic heterocycles. The molecule has 0 amide bonds. The van der Waals surface area contributed by atoms with Crippen molar-refractivity contribution in [1.82, 2.24) is 49.8 Å². The molecule has 0 N–H and O–H groups in total. The van der Waals surface area contributed by atoms with E-state index in [0.717, 1.165) is 91.4 Å². The third kappa shape index (κ3) is 31.5. The van der Waals surface area contributed by atoms with Crippen molar-refractivity contribution in [3.63, 3.8) is 0 Å². The zero-order chi connectivity index (χ0) is 96.9. The molecule has 21 rings (SSSR count). The van der Waals surface area contributed by atoms with Gasteiger partial charge in [0.15, 0.2) is 0 Å². The van der Waals surface area contributed by atoms with Crippen LogP contribution in [-0.2, 0) is 25.7 Å². The molecular formula is C119H158N10. The maximum Gasteiger partial charge on any atom is 0.0967 e. The Labute approximate surface area is 781 Å². The van der Waals surface area contributed by atoms with Crippen molar-refractivity contribution < 1.29 is 0 Å². The molecule has 129 heavy (non-hydrogen) atoms. The summed E-state index contributed by atoms with van der Waals surface area (Å²) >= 11 is 0. The van der Waals surface area contributed by atoms with Crippen LogP contribution in [0.5, 0.6) is 0 Å². The second-order valence-corrected chi connectivity index (χ2v) is 26.3. The molecule has 4 aliphatic carbocycles. The molecule has 10 heteroatoms. The number of hydrogen-bond acceptors (Lipinski definition) is 10. The minimum absolute atomic E-state index is 0.981. The standard InChI is InChI=1S/3C13H10N2.4C13H11N.14C2H6/c1-9-8-10-4-2-6-14-12(10)13-11(9)5-3-7-15-13;1-9-4-5-11-7-6-10-3-2-8-14-12(10)13(11)15-9;1-9-7-11-5-4-10-3-2-6-14-12(10)13(11)15-8-9;1-9-4-2-5-10-11-6-3-7-14-13(11)8-12(9)10;1-9-4-2-5-10-8-12-11(13(9)10)6-3-7-14-12;1-9-4-5-11-10(7-9)8-13-12(11)3-2-6-14-13;1-9-4-5-10-8-13-11(12(10)7-9)3-2-6-14-13;14*1-2/h3*2-8H,1H3;4*2-7H,8H2,1H3;14*1-2H3. The van der Waals surface area contributed by atoms with E-state index >= 15 is 0 Å². The molecule has 684 valence electrons. The van der Waals surface area contributed by atoms with Gasteiger partial charge in [-0.15, -0.1) is 0 Å². The van der Waals surface area contributed by atoms with Crippen LogP contribution in [0, 0.1) is 48.5 Å². The van der Waals surface area contributed by atoms with Gasteiger partial charge in [-0.05, 0) is 182 Å². The molecule has 10 nitrogen and oxygen atoms in total. The van der Waals surface area contributed by atoms with E-state index in [-0.39, 0.29) is 0 Å². The quantitative estimate of drug-likeness (QED) is 0.135. The highest BCUT2D eigenvalue weighted by atomic mass is 14.8. The Morgan fingerprint density at radius 3 is 1.12 bits per heavy atom. The Balaban J connectivity index is 0.000000719. The average molecular weight is 1730 g/mol. The SMILES string of the molecule is CC.CC.CC.CC.CC.CC.CC.CC.CC.CC.CC.CC.CC.CC.Cc1cc2cccnc2c2ncccc12.Cc1ccc2c(c1)-c1cccnc1C2.Cc1ccc2c(c1)Cc1ncccc1-2.Cc1ccc2ccc3cccnc3c2n1.Cc1cccc2c1-c1cccnc1C2.Cc1cccc2c1Cc1ncccc1-2.Cc1cnc2c(ccc3cccnc32)c1. The van der Waals surface area contributed by atoms with Crippen LogP contribution in [0.1, 0.15) is 278 Å². The smallest absolute Gasteiger partial charge is 0.0967 e. The van der Waals surface area contributed by atoms with E-state index in [1.54, 1.807) is 0 Å². The minimum Gasteiger partial charge on any atom is -0.260 e. The van der Waals surface area contributed by atoms with Gasteiger partial charge in [0.05, 0.1) is 55.9 Å². The number of rotatable bonds is 0. The topological polar surface area (TPSA) is 129 Å². The summed E-state index contributed by atoms with van der Waals surface area (Å²) in [5.74, 6) is 0. The Kier molecular flexibility index (Phi) is 58.7. The lowest BCUT2D eigenvalue weighted by Gasteiger charge is -2.04. The summed E-state index contributed by atoms with van der Waals surface area (Å²) in [4.78, 5) is 44.2. The van der Waals surface area contributed by atoms with Crippen LogP contribution in [0.15, 0.2) is 274 Å². The first-order valence-electron chi connectivity index (χ1n) is 48.4. The van der Waals surface area contributed by atoms with E-state index in [1.165, 1.54) is 128 Å². The lowest BCUT2D eigenvalue weighted by atomic mass is 10.0. The summed E-state index contributed by atoms with van der Waals surface area (Å²) in [5.41, 5.74) is 36.1. The van der Waals surface area contributed by atoms with E-state index in [9.17, 15) is 0 Å². The van der Waals surface area contributed by atoms with E-state index in [2.05, 4.69) is 255 Å². The highest BCUT2D eigenvalue weighted by molar-refractivity contribution is 6.05. The monoisotopic (exact) mass is 1730 g/mol. The van der Waals surface area contributed by atoms with Gasteiger partial charge >= 0.3 is 0 Å². The van der Waals surface area contributed by atoms with Crippen molar-refractivity contribution >= 4 is 65.4 Å². The number of pyridine rings is 10. The van der Waals surface area contributed by atoms with Crippen molar-refractivity contribution in [1.29, 1.82) is 0 Å². The predicted octanol–water partition coefficient (Wildman–Crippen LogP) is 35.5. The van der Waals surface area contributed by atoms with Crippen molar-refractivity contribution in [2.45, 2.75) is 268 Å². The molecule has 0 unspecified atom stereocenters. The van der Waals surface area contributed by atoms with Gasteiger partial charge in [0.25, 0.3) is 0 Å². The van der Waals surface area contributed by atoms with Gasteiger partial charge < -0.3 is 0 Å². The molecule has 10 heterocycles. The minimum atomic E-state index is 0.981. The highest BCUT2D eigenvalue weighted by Crippen LogP contribution is 2.40. The van der Waals surface area contributed by atoms with Crippen LogP contribution >= 0.6 is 0 Å². The van der Waals surface area contributed by atoms with Gasteiger partial charge in [-0.2, -0.15) is 0 Å². The van der Waals surface area contributed by atoms with Gasteiger partial charge in [-0.1, -0.05) is 357 Å². The van der Waals surface area contributed by atoms with Crippen LogP contribution < -0.4 is 0 Å². The molecule has 7 aromatic carbocycles. The molecule has 0 atom stereocenters. The van der Waals surface area contributed by atoms with Crippen molar-refractivity contribution in [3.8, 4) is 44.5 Å². The zero-order valence-electron chi connectivity index (χ0n) is 85.8. The molecule has 17 aromatic rings. The summed E-state index contributed by atoms with van der Waals surface area (Å²) in [6.07, 6.45) is 20.6. The molecular weight excluding hydrogens is 1570 g/mol. The van der Waals surface area contributed by atoms with Crippen LogP contribution in [0.3, 0.4) is 0 Å². The number of hydrogen-bond donors (Lipinski definition) is 0. The third-order valence-electron chi connectivity index (χ3n) is 19.2. The van der Waals surface area contributed by atoms with E-state index in [0.29, 0.717) is 0 Å². The molecule has 0 fully saturated rings. The molecule has 0 saturated carbocycles. The Morgan fingerprint density at radius 2 is 0.566 bits per heavy atom. The molecule has 4 aliphatic rings. The predicted molar refractivity (Wildman–Crippen MR) is 573 cm³/mol. The number of fused-ring (bicyclic) bond motifs is 21. The number of aryl methyl sites for hydroxylation is 7. The number of nitrogens with zero attached hydrogens (tertiary/aromatic N) is 10. The summed E-state index contributed by atoms with van der Waals surface area (Å²) in [6.45, 7) is 70.8. The van der Waals surface area contributed by atoms with Crippen molar-refractivity contribution in [2.75, 3.05) is 0 Å². The van der Waals surface area contributed by atoms with Crippen molar-refractivity contribution in [3.05, 3.63) is 358 Å². The third-order valence-corrected chi connectivity index (χ3v) is 19.2. The average Bonchev–Trinajstić information content (AvgIpc) is 1.74. The number of benzene rings is 7. The summed E-state index contributed by atoms with van der Waals surface area (Å²) in [5, 5.41) is 6.92. The Bertz CT molecular complexity index is 5960. The first-order chi connectivity index (χ1) is 63.5. The normalized spacial score (nSPS) is 9.85. The first-order valence-corrected chi connectivity index (χ1v) is 48.4. The maximum absolute atomic E-state index is 4.54. The second-order valence-electron chi connectivity index (χ2n) is 26.3. The van der Waals surface area contributed by atoms with Gasteiger partial charge in [0.1, 0.15) is 0 Å². The van der Waals surface area contributed by atoms with Gasteiger partial charge in [-0.25, -0.2) is 0 Å². The van der Waals surface area contributed by atoms with Crippen molar-refractivity contribution in [2.24, 2.45) is 0 Å². The van der Waals surface area contributed by atoms with Gasteiger partial charge in [0.2, 0.25) is 0 Å². The fraction of sp³-hybridized carbons (Fsp3) is 0.328. The molecule has 0 bridgehead atoms. The largest absolute Gasteiger partial charge is 0.260 e. The van der Waals surface area contributed by atoms with E-state index < -0.39 is 0 Å². The first kappa shape index (κ1) is 115. The second kappa shape index (κ2) is 66.1. The van der Waals surface area contributed by atoms with Gasteiger partial charge in [-0.3, -0.25) is 49.8 Å². The van der Waals surface area contributed by atoms with Crippen LogP contribution in [0.2, 0.25) is 0 Å². The molecule has 0 spiro atoms. The fourth-order valence-electron chi connectivity index (χ4n) is 14.3. The van der Waals surface area contributed by atoms with Crippen LogP contribution in [0.4, 0.5) is 0 Å². The van der Waals surface area contributed by atoms with Crippen LogP contribution in [0.25, 0.3) is 110 Å². The molecule has 0 radical (unpaired) electrons. The van der Waals surface area contributed by atoms with E-state index in [1.807, 2.05) is 311 Å². The number of aromatic nitrogens is 10. The molecule has 10 aromatic heterocycles. The zero-order valence-corrected chi connectivity index (χ0v) is 85.8. The molecule has 0 saturated heterocycles. The van der Waals surface area contributed by atoms with Crippen LogP contribution in [-0.4, -0.2) is 49.8 Å². The summed E-state index contributed by atoms with van der Waals surface area (Å²) in [6, 6.07) is 75.8. The van der Waals surface area contributed by atoms with E-state index in [4.69, 9.17) is 0 Å². The lowest BCUT2D eigenvalue weighted by Crippen LogP contribution is -1.86. The summed E-state index contributed by atoms with van der Waals surface area (Å²) < 4.78 is 0. The summed E-state index contributed by atoms with van der Waals surface area (Å²) in [7, 11) is 0. The Morgan fingerprint density at radius 1 is 0.202 bits per heavy atom. The van der Waals surface area contributed by atoms with Gasteiger partial charge in [0, 0.05) is 142 Å².